The lowest BCUT2D eigenvalue weighted by Gasteiger charge is -2.20. The Bertz CT molecular complexity index is 456. The Morgan fingerprint density at radius 2 is 2.32 bits per heavy atom. The monoisotopic (exact) mass is 327 g/mol. The molecule has 1 saturated carbocycles. The number of carbonyl (C=O) groups excluding carboxylic acids is 1. The average molecular weight is 328 g/mol. The van der Waals surface area contributed by atoms with E-state index < -0.39 is 0 Å². The van der Waals surface area contributed by atoms with E-state index in [9.17, 15) is 4.79 Å². The molecule has 0 radical (unpaired) electrons. The van der Waals surface area contributed by atoms with Gasteiger partial charge in [0, 0.05) is 22.8 Å². The number of hydrogen-bond acceptors (Lipinski definition) is 2. The third kappa shape index (κ3) is 3.20. The van der Waals surface area contributed by atoms with Crippen LogP contribution in [0.15, 0.2) is 16.7 Å². The smallest absolute Gasteiger partial charge is 0.268 e. The van der Waals surface area contributed by atoms with Crippen LogP contribution < -0.4 is 11.1 Å². The highest BCUT2D eigenvalue weighted by Crippen LogP contribution is 2.25. The van der Waals surface area contributed by atoms with Crippen LogP contribution in [0.25, 0.3) is 0 Å². The van der Waals surface area contributed by atoms with Crippen molar-refractivity contribution >= 4 is 21.8 Å². The Kier molecular flexibility index (Phi) is 4.68. The van der Waals surface area contributed by atoms with Gasteiger partial charge in [-0.05, 0) is 61.1 Å². The number of rotatable bonds is 4. The highest BCUT2D eigenvalue weighted by molar-refractivity contribution is 9.10. The Labute approximate surface area is 122 Å². The van der Waals surface area contributed by atoms with Gasteiger partial charge in [0.25, 0.3) is 5.91 Å². The topological polar surface area (TPSA) is 60.0 Å². The summed E-state index contributed by atoms with van der Waals surface area (Å²) >= 11 is 3.44. The lowest BCUT2D eigenvalue weighted by Crippen LogP contribution is -2.40. The van der Waals surface area contributed by atoms with Crippen molar-refractivity contribution in [3.8, 4) is 0 Å². The van der Waals surface area contributed by atoms with Crippen LogP contribution in [-0.4, -0.2) is 23.1 Å². The van der Waals surface area contributed by atoms with Crippen molar-refractivity contribution in [3.63, 3.8) is 0 Å². The molecular formula is C14H22BrN3O. The number of nitrogens with one attached hydrogen (secondary N) is 1. The zero-order chi connectivity index (χ0) is 14.0. The van der Waals surface area contributed by atoms with Gasteiger partial charge in [0.2, 0.25) is 0 Å². The SMILES string of the molecule is CC(C)n1cc(Br)cc1C(=O)NC1CCCC1CN. The molecule has 1 fully saturated rings. The van der Waals surface area contributed by atoms with Crippen molar-refractivity contribution < 1.29 is 4.79 Å². The summed E-state index contributed by atoms with van der Waals surface area (Å²) in [5, 5.41) is 3.14. The molecule has 1 aliphatic carbocycles. The van der Waals surface area contributed by atoms with Gasteiger partial charge >= 0.3 is 0 Å². The van der Waals surface area contributed by atoms with E-state index in [1.807, 2.05) is 16.8 Å². The highest BCUT2D eigenvalue weighted by atomic mass is 79.9. The first kappa shape index (κ1) is 14.6. The fraction of sp³-hybridized carbons (Fsp3) is 0.643. The molecule has 4 nitrogen and oxygen atoms in total. The van der Waals surface area contributed by atoms with Gasteiger partial charge in [0.15, 0.2) is 0 Å². The van der Waals surface area contributed by atoms with Crippen LogP contribution >= 0.6 is 15.9 Å². The van der Waals surface area contributed by atoms with E-state index in [1.54, 1.807) is 0 Å². The summed E-state index contributed by atoms with van der Waals surface area (Å²) in [6, 6.07) is 2.37. The maximum Gasteiger partial charge on any atom is 0.268 e. The van der Waals surface area contributed by atoms with Crippen LogP contribution in [0.5, 0.6) is 0 Å². The Hall–Kier alpha value is -0.810. The predicted molar refractivity (Wildman–Crippen MR) is 80.2 cm³/mol. The quantitative estimate of drug-likeness (QED) is 0.893. The molecule has 1 heterocycles. The second kappa shape index (κ2) is 6.09. The van der Waals surface area contributed by atoms with Crippen molar-refractivity contribution in [2.75, 3.05) is 6.54 Å². The first-order valence-electron chi connectivity index (χ1n) is 6.91. The van der Waals surface area contributed by atoms with E-state index in [2.05, 4.69) is 35.1 Å². The van der Waals surface area contributed by atoms with Crippen LogP contribution in [0.3, 0.4) is 0 Å². The minimum Gasteiger partial charge on any atom is -0.348 e. The molecule has 3 N–H and O–H groups in total. The van der Waals surface area contributed by atoms with Gasteiger partial charge in [-0.3, -0.25) is 4.79 Å². The van der Waals surface area contributed by atoms with Gasteiger partial charge in [-0.25, -0.2) is 0 Å². The van der Waals surface area contributed by atoms with Gasteiger partial charge in [0.05, 0.1) is 0 Å². The summed E-state index contributed by atoms with van der Waals surface area (Å²) in [5.74, 6) is 0.430. The molecule has 0 aromatic carbocycles. The van der Waals surface area contributed by atoms with Gasteiger partial charge in [-0.15, -0.1) is 0 Å². The van der Waals surface area contributed by atoms with Crippen LogP contribution in [0, 0.1) is 5.92 Å². The van der Waals surface area contributed by atoms with Crippen molar-refractivity contribution in [1.29, 1.82) is 0 Å². The summed E-state index contributed by atoms with van der Waals surface area (Å²) in [7, 11) is 0. The second-order valence-corrected chi connectivity index (χ2v) is 6.47. The maximum atomic E-state index is 12.4. The standard InChI is InChI=1S/C14H22BrN3O/c1-9(2)18-8-11(15)6-13(18)14(19)17-12-5-3-4-10(12)7-16/h6,8-10,12H,3-5,7,16H2,1-2H3,(H,17,19). The minimum atomic E-state index is 0.00440. The number of halogens is 1. The third-order valence-corrected chi connectivity index (χ3v) is 4.32. The third-order valence-electron chi connectivity index (χ3n) is 3.88. The average Bonchev–Trinajstić information content (AvgIpc) is 2.95. The summed E-state index contributed by atoms with van der Waals surface area (Å²) in [4.78, 5) is 12.4. The number of aromatic nitrogens is 1. The molecule has 2 rings (SSSR count). The molecular weight excluding hydrogens is 306 g/mol. The molecule has 0 bridgehead atoms. The van der Waals surface area contributed by atoms with Crippen LogP contribution in [0.4, 0.5) is 0 Å². The summed E-state index contributed by atoms with van der Waals surface area (Å²) in [5.41, 5.74) is 6.47. The van der Waals surface area contributed by atoms with Crippen molar-refractivity contribution in [2.24, 2.45) is 11.7 Å². The minimum absolute atomic E-state index is 0.00440. The van der Waals surface area contributed by atoms with Gasteiger partial charge in [-0.1, -0.05) is 6.42 Å². The molecule has 106 valence electrons. The first-order valence-corrected chi connectivity index (χ1v) is 7.70. The zero-order valence-electron chi connectivity index (χ0n) is 11.5. The largest absolute Gasteiger partial charge is 0.348 e. The molecule has 1 amide bonds. The molecule has 1 aromatic rings. The molecule has 19 heavy (non-hydrogen) atoms. The van der Waals surface area contributed by atoms with Crippen LogP contribution in [0.2, 0.25) is 0 Å². The molecule has 0 spiro atoms. The molecule has 1 aromatic heterocycles. The van der Waals surface area contributed by atoms with E-state index in [1.165, 1.54) is 0 Å². The predicted octanol–water partition coefficient (Wildman–Crippen LogP) is 2.69. The van der Waals surface area contributed by atoms with Crippen molar-refractivity contribution in [3.05, 3.63) is 22.4 Å². The Balaban J connectivity index is 2.11. The lowest BCUT2D eigenvalue weighted by molar-refractivity contribution is 0.0918. The molecule has 0 saturated heterocycles. The molecule has 2 atom stereocenters. The van der Waals surface area contributed by atoms with E-state index in [-0.39, 0.29) is 18.0 Å². The highest BCUT2D eigenvalue weighted by Gasteiger charge is 2.28. The Morgan fingerprint density at radius 3 is 2.95 bits per heavy atom. The summed E-state index contributed by atoms with van der Waals surface area (Å²) in [6.07, 6.45) is 5.27. The fourth-order valence-corrected chi connectivity index (χ4v) is 3.24. The van der Waals surface area contributed by atoms with E-state index in [4.69, 9.17) is 5.73 Å². The maximum absolute atomic E-state index is 12.4. The summed E-state index contributed by atoms with van der Waals surface area (Å²) < 4.78 is 2.93. The van der Waals surface area contributed by atoms with E-state index in [0.717, 1.165) is 23.7 Å². The number of carbonyl (C=O) groups is 1. The Morgan fingerprint density at radius 1 is 1.58 bits per heavy atom. The molecule has 1 aliphatic rings. The second-order valence-electron chi connectivity index (χ2n) is 5.55. The fourth-order valence-electron chi connectivity index (χ4n) is 2.81. The van der Waals surface area contributed by atoms with Crippen LogP contribution in [0.1, 0.15) is 49.6 Å². The molecule has 0 aliphatic heterocycles. The van der Waals surface area contributed by atoms with Gasteiger partial charge < -0.3 is 15.6 Å². The summed E-state index contributed by atoms with van der Waals surface area (Å²) in [6.45, 7) is 4.79. The van der Waals surface area contributed by atoms with Crippen molar-refractivity contribution in [2.45, 2.75) is 45.2 Å². The number of nitrogens with two attached hydrogens (primary N) is 1. The van der Waals surface area contributed by atoms with Crippen LogP contribution in [-0.2, 0) is 0 Å². The first-order chi connectivity index (χ1) is 9.02. The normalized spacial score (nSPS) is 23.0. The van der Waals surface area contributed by atoms with Gasteiger partial charge in [-0.2, -0.15) is 0 Å². The lowest BCUT2D eigenvalue weighted by atomic mass is 10.0. The number of hydrogen-bond donors (Lipinski definition) is 2. The molecule has 2 unspecified atom stereocenters. The number of nitrogens with zero attached hydrogens (tertiary/aromatic N) is 1. The van der Waals surface area contributed by atoms with Crippen molar-refractivity contribution in [1.82, 2.24) is 9.88 Å². The van der Waals surface area contributed by atoms with E-state index >= 15 is 0 Å². The van der Waals surface area contributed by atoms with Gasteiger partial charge in [0.1, 0.15) is 5.69 Å². The zero-order valence-corrected chi connectivity index (χ0v) is 13.1. The molecule has 5 heteroatoms. The van der Waals surface area contributed by atoms with E-state index in [0.29, 0.717) is 18.2 Å². The number of amides is 1.